The van der Waals surface area contributed by atoms with E-state index < -0.39 is 6.04 Å². The number of rotatable bonds is 4. The smallest absolute Gasteiger partial charge is 0.297 e. The average Bonchev–Trinajstić information content (AvgIpc) is 3.39. The Labute approximate surface area is 205 Å². The monoisotopic (exact) mass is 482 g/mol. The quantitative estimate of drug-likeness (QED) is 0.306. The third-order valence-corrected chi connectivity index (χ3v) is 7.31. The van der Waals surface area contributed by atoms with Gasteiger partial charge in [0.05, 0.1) is 33.8 Å². The normalized spacial score (nSPS) is 15.2. The van der Waals surface area contributed by atoms with Crippen molar-refractivity contribution in [3.05, 3.63) is 98.9 Å². The molecule has 3 heterocycles. The first-order valence-electron chi connectivity index (χ1n) is 11.5. The highest BCUT2D eigenvalue weighted by Gasteiger charge is 2.45. The molecule has 1 atom stereocenters. The van der Waals surface area contributed by atoms with Gasteiger partial charge in [0.2, 0.25) is 5.76 Å². The van der Waals surface area contributed by atoms with Gasteiger partial charge in [0.25, 0.3) is 5.91 Å². The summed E-state index contributed by atoms with van der Waals surface area (Å²) in [5, 5.41) is 0.986. The lowest BCUT2D eigenvalue weighted by molar-refractivity contribution is 0.0971. The Balaban J connectivity index is 1.60. The van der Waals surface area contributed by atoms with Crippen molar-refractivity contribution in [2.24, 2.45) is 0 Å². The van der Waals surface area contributed by atoms with Gasteiger partial charge in [0.1, 0.15) is 11.3 Å². The zero-order valence-electron chi connectivity index (χ0n) is 19.5. The van der Waals surface area contributed by atoms with E-state index in [0.29, 0.717) is 28.3 Å². The molecule has 0 fully saturated rings. The maximum Gasteiger partial charge on any atom is 0.297 e. The van der Waals surface area contributed by atoms with E-state index in [9.17, 15) is 9.59 Å². The van der Waals surface area contributed by atoms with Crippen LogP contribution >= 0.6 is 11.3 Å². The third kappa shape index (κ3) is 3.34. The van der Waals surface area contributed by atoms with Crippen molar-refractivity contribution < 1.29 is 13.9 Å². The maximum atomic E-state index is 13.8. The fraction of sp³-hybridized carbons (Fsp3) is 0.179. The third-order valence-electron chi connectivity index (χ3n) is 6.31. The van der Waals surface area contributed by atoms with Gasteiger partial charge in [0, 0.05) is 0 Å². The number of aromatic nitrogens is 1. The number of thiazole rings is 1. The SMILES string of the molecule is CCOc1ccc([C@@H]2c3c(oc4ccccc4c3=O)C(=O)N2c2nc3c(C)cc(C)cc3s2)cc1. The first kappa shape index (κ1) is 21.6. The molecule has 7 heteroatoms. The minimum atomic E-state index is -0.656. The number of amides is 1. The average molecular weight is 483 g/mol. The van der Waals surface area contributed by atoms with Crippen LogP contribution in [0.25, 0.3) is 21.2 Å². The van der Waals surface area contributed by atoms with Crippen molar-refractivity contribution in [3.63, 3.8) is 0 Å². The number of anilines is 1. The number of fused-ring (bicyclic) bond motifs is 3. The first-order valence-corrected chi connectivity index (χ1v) is 12.3. The molecule has 0 radical (unpaired) electrons. The van der Waals surface area contributed by atoms with E-state index in [-0.39, 0.29) is 17.1 Å². The van der Waals surface area contributed by atoms with Gasteiger partial charge in [-0.2, -0.15) is 0 Å². The van der Waals surface area contributed by atoms with Crippen molar-refractivity contribution in [1.29, 1.82) is 0 Å². The van der Waals surface area contributed by atoms with Crippen molar-refractivity contribution in [3.8, 4) is 5.75 Å². The van der Waals surface area contributed by atoms with Crippen molar-refractivity contribution in [1.82, 2.24) is 4.98 Å². The van der Waals surface area contributed by atoms with E-state index in [1.54, 1.807) is 29.2 Å². The number of benzene rings is 3. The summed E-state index contributed by atoms with van der Waals surface area (Å²) in [5.74, 6) is 0.430. The van der Waals surface area contributed by atoms with E-state index in [1.165, 1.54) is 11.3 Å². The summed E-state index contributed by atoms with van der Waals surface area (Å²) in [6, 6.07) is 18.0. The summed E-state index contributed by atoms with van der Waals surface area (Å²) < 4.78 is 12.6. The minimum absolute atomic E-state index is 0.0692. The summed E-state index contributed by atoms with van der Waals surface area (Å²) in [5.41, 5.74) is 4.35. The summed E-state index contributed by atoms with van der Waals surface area (Å²) in [4.78, 5) is 33.9. The highest BCUT2D eigenvalue weighted by atomic mass is 32.1. The summed E-state index contributed by atoms with van der Waals surface area (Å²) >= 11 is 1.44. The number of carbonyl (C=O) groups excluding carboxylic acids is 1. The maximum absolute atomic E-state index is 13.8. The molecule has 0 saturated heterocycles. The molecule has 2 aromatic heterocycles. The molecule has 0 N–H and O–H groups in total. The van der Waals surface area contributed by atoms with Crippen LogP contribution in [0.3, 0.4) is 0 Å². The van der Waals surface area contributed by atoms with Crippen LogP contribution in [0.15, 0.2) is 69.9 Å². The van der Waals surface area contributed by atoms with Crippen LogP contribution in [-0.2, 0) is 0 Å². The van der Waals surface area contributed by atoms with Gasteiger partial charge in [-0.3, -0.25) is 14.5 Å². The largest absolute Gasteiger partial charge is 0.494 e. The number of nitrogens with zero attached hydrogens (tertiary/aromatic N) is 2. The molecule has 1 aliphatic rings. The van der Waals surface area contributed by atoms with E-state index in [1.807, 2.05) is 45.0 Å². The lowest BCUT2D eigenvalue weighted by atomic mass is 9.98. The van der Waals surface area contributed by atoms with Crippen LogP contribution in [0.4, 0.5) is 5.13 Å². The lowest BCUT2D eigenvalue weighted by Gasteiger charge is -2.22. The van der Waals surface area contributed by atoms with Crippen molar-refractivity contribution >= 4 is 43.6 Å². The molecule has 174 valence electrons. The summed E-state index contributed by atoms with van der Waals surface area (Å²) in [6.45, 7) is 6.53. The number of hydrogen-bond donors (Lipinski definition) is 0. The second kappa shape index (κ2) is 8.06. The molecular formula is C28H22N2O4S. The molecule has 5 aromatic rings. The van der Waals surface area contributed by atoms with Crippen LogP contribution in [0.2, 0.25) is 0 Å². The predicted molar refractivity (Wildman–Crippen MR) is 138 cm³/mol. The predicted octanol–water partition coefficient (Wildman–Crippen LogP) is 6.17. The van der Waals surface area contributed by atoms with E-state index in [4.69, 9.17) is 14.1 Å². The molecule has 0 spiro atoms. The zero-order valence-corrected chi connectivity index (χ0v) is 20.3. The molecule has 3 aromatic carbocycles. The Morgan fingerprint density at radius 1 is 1.06 bits per heavy atom. The van der Waals surface area contributed by atoms with Crippen molar-refractivity contribution in [2.45, 2.75) is 26.8 Å². The lowest BCUT2D eigenvalue weighted by Crippen LogP contribution is -2.29. The number of para-hydroxylation sites is 1. The van der Waals surface area contributed by atoms with Crippen molar-refractivity contribution in [2.75, 3.05) is 11.5 Å². The Bertz CT molecular complexity index is 1680. The highest BCUT2D eigenvalue weighted by Crippen LogP contribution is 2.44. The molecule has 35 heavy (non-hydrogen) atoms. The Hall–Kier alpha value is -3.97. The van der Waals surface area contributed by atoms with Crippen LogP contribution in [0.1, 0.15) is 45.8 Å². The van der Waals surface area contributed by atoms with Gasteiger partial charge >= 0.3 is 0 Å². The first-order chi connectivity index (χ1) is 17.0. The second-order valence-electron chi connectivity index (χ2n) is 8.67. The highest BCUT2D eigenvalue weighted by molar-refractivity contribution is 7.22. The van der Waals surface area contributed by atoms with Gasteiger partial charge in [-0.15, -0.1) is 0 Å². The molecular weight excluding hydrogens is 460 g/mol. The Morgan fingerprint density at radius 3 is 2.60 bits per heavy atom. The topological polar surface area (TPSA) is 72.6 Å². The van der Waals surface area contributed by atoms with E-state index in [2.05, 4.69) is 12.1 Å². The van der Waals surface area contributed by atoms with Gasteiger partial charge < -0.3 is 9.15 Å². The van der Waals surface area contributed by atoms with Crippen LogP contribution in [-0.4, -0.2) is 17.5 Å². The summed E-state index contributed by atoms with van der Waals surface area (Å²) in [6.07, 6.45) is 0. The molecule has 1 aliphatic heterocycles. The van der Waals surface area contributed by atoms with E-state index >= 15 is 0 Å². The standard InChI is InChI=1S/C28H22N2O4S/c1-4-33-18-11-9-17(10-12-18)24-22-25(31)19-7-5-6-8-20(19)34-26(22)27(32)30(24)28-29-23-16(3)13-15(2)14-21(23)35-28/h5-14,24H,4H2,1-3H3/t24-/m1/s1. The number of aryl methyl sites for hydroxylation is 2. The molecule has 0 saturated carbocycles. The number of hydrogen-bond acceptors (Lipinski definition) is 6. The Kier molecular flexibility index (Phi) is 4.96. The molecule has 0 unspecified atom stereocenters. The van der Waals surface area contributed by atoms with E-state index in [0.717, 1.165) is 32.7 Å². The fourth-order valence-corrected chi connectivity index (χ4v) is 5.98. The molecule has 0 aliphatic carbocycles. The Morgan fingerprint density at radius 2 is 1.83 bits per heavy atom. The van der Waals surface area contributed by atoms with Crippen LogP contribution in [0, 0.1) is 13.8 Å². The zero-order chi connectivity index (χ0) is 24.3. The molecule has 0 bridgehead atoms. The number of ether oxygens (including phenoxy) is 1. The second-order valence-corrected chi connectivity index (χ2v) is 9.68. The van der Waals surface area contributed by atoms with Gasteiger partial charge in [-0.25, -0.2) is 4.98 Å². The van der Waals surface area contributed by atoms with Gasteiger partial charge in [0.15, 0.2) is 10.6 Å². The number of carbonyl (C=O) groups is 1. The summed E-state index contributed by atoms with van der Waals surface area (Å²) in [7, 11) is 0. The van der Waals surface area contributed by atoms with Gasteiger partial charge in [-0.1, -0.05) is 41.7 Å². The minimum Gasteiger partial charge on any atom is -0.494 e. The molecule has 6 rings (SSSR count). The van der Waals surface area contributed by atoms with Crippen LogP contribution in [0.5, 0.6) is 5.75 Å². The van der Waals surface area contributed by atoms with Gasteiger partial charge in [-0.05, 0) is 67.8 Å². The molecule has 6 nitrogen and oxygen atoms in total. The fourth-order valence-electron chi connectivity index (χ4n) is 4.81. The molecule has 1 amide bonds. The van der Waals surface area contributed by atoms with Crippen LogP contribution < -0.4 is 15.1 Å².